The minimum absolute atomic E-state index is 0.143. The monoisotopic (exact) mass is 455 g/mol. The summed E-state index contributed by atoms with van der Waals surface area (Å²) in [5.74, 6) is 0.699. The first-order valence-electron chi connectivity index (χ1n) is 10.7. The lowest BCUT2D eigenvalue weighted by Crippen LogP contribution is -2.36. The largest absolute Gasteiger partial charge is 0.508 e. The summed E-state index contributed by atoms with van der Waals surface area (Å²) in [6.45, 7) is 2.36. The van der Waals surface area contributed by atoms with E-state index in [0.29, 0.717) is 11.6 Å². The second-order valence-electron chi connectivity index (χ2n) is 8.14. The third-order valence-corrected chi connectivity index (χ3v) is 6.63. The molecule has 0 bridgehead atoms. The number of carbonyl (C=O) groups is 1. The summed E-state index contributed by atoms with van der Waals surface area (Å²) in [5, 5.41) is 13.5. The summed E-state index contributed by atoms with van der Waals surface area (Å²) in [6.07, 6.45) is 0. The van der Waals surface area contributed by atoms with Crippen molar-refractivity contribution in [2.75, 3.05) is 5.32 Å². The number of nitrogens with one attached hydrogen (secondary N) is 1. The smallest absolute Gasteiger partial charge is 0.244 e. The Bertz CT molecular complexity index is 1320. The Balaban J connectivity index is 1.59. The fourth-order valence-electron chi connectivity index (χ4n) is 4.48. The highest BCUT2D eigenvalue weighted by molar-refractivity contribution is 6.32. The van der Waals surface area contributed by atoms with E-state index in [0.717, 1.165) is 39.3 Å². The standard InChI is InChI=1S/C28H22ClNO3/c1-18-25(29)16-15-24-26(18)30-27(32)28(24,20-7-11-22(31)12-8-20)21-9-13-23(14-10-21)33-17-19-5-3-2-4-6-19/h2-16,31H,17H2,1H3,(H,30,32). The number of hydrogen-bond donors (Lipinski definition) is 2. The number of amides is 1. The molecule has 0 fully saturated rings. The number of hydrogen-bond acceptors (Lipinski definition) is 3. The third kappa shape index (κ3) is 3.53. The van der Waals surface area contributed by atoms with Gasteiger partial charge in [-0.25, -0.2) is 0 Å². The Kier molecular flexibility index (Phi) is 5.31. The molecule has 2 N–H and O–H groups in total. The second-order valence-corrected chi connectivity index (χ2v) is 8.55. The van der Waals surface area contributed by atoms with E-state index in [1.54, 1.807) is 24.3 Å². The molecule has 1 atom stereocenters. The van der Waals surface area contributed by atoms with E-state index in [1.807, 2.05) is 73.7 Å². The van der Waals surface area contributed by atoms with Gasteiger partial charge in [0.05, 0.1) is 5.69 Å². The molecule has 0 saturated carbocycles. The van der Waals surface area contributed by atoms with Crippen LogP contribution in [0.4, 0.5) is 5.69 Å². The van der Waals surface area contributed by atoms with Crippen molar-refractivity contribution in [1.29, 1.82) is 0 Å². The third-order valence-electron chi connectivity index (χ3n) is 6.22. The summed E-state index contributed by atoms with van der Waals surface area (Å²) in [4.78, 5) is 13.7. The molecular weight excluding hydrogens is 434 g/mol. The molecule has 0 aromatic heterocycles. The van der Waals surface area contributed by atoms with Crippen molar-refractivity contribution in [3.8, 4) is 11.5 Å². The van der Waals surface area contributed by atoms with Crippen LogP contribution in [0.3, 0.4) is 0 Å². The summed E-state index contributed by atoms with van der Waals surface area (Å²) in [7, 11) is 0. The maximum absolute atomic E-state index is 13.7. The minimum Gasteiger partial charge on any atom is -0.508 e. The van der Waals surface area contributed by atoms with Crippen LogP contribution in [0.2, 0.25) is 5.02 Å². The molecule has 4 nitrogen and oxygen atoms in total. The normalized spacial score (nSPS) is 16.8. The molecule has 1 unspecified atom stereocenters. The summed E-state index contributed by atoms with van der Waals surface area (Å²) in [6, 6.07) is 28.1. The van der Waals surface area contributed by atoms with Crippen LogP contribution in [0.25, 0.3) is 0 Å². The van der Waals surface area contributed by atoms with Gasteiger partial charge in [0.1, 0.15) is 23.5 Å². The molecule has 1 heterocycles. The molecule has 0 aliphatic carbocycles. The number of halogens is 1. The molecule has 1 amide bonds. The van der Waals surface area contributed by atoms with Crippen LogP contribution in [-0.4, -0.2) is 11.0 Å². The number of ether oxygens (including phenoxy) is 1. The Labute approximate surface area is 197 Å². The van der Waals surface area contributed by atoms with E-state index in [1.165, 1.54) is 0 Å². The average Bonchev–Trinajstić information content (AvgIpc) is 3.15. The van der Waals surface area contributed by atoms with E-state index < -0.39 is 5.41 Å². The van der Waals surface area contributed by atoms with Crippen LogP contribution < -0.4 is 10.1 Å². The van der Waals surface area contributed by atoms with Gasteiger partial charge in [-0.3, -0.25) is 4.79 Å². The fraction of sp³-hybridized carbons (Fsp3) is 0.107. The first-order valence-corrected chi connectivity index (χ1v) is 11.1. The number of anilines is 1. The lowest BCUT2D eigenvalue weighted by Gasteiger charge is -2.29. The molecule has 5 rings (SSSR count). The van der Waals surface area contributed by atoms with Crippen molar-refractivity contribution in [2.45, 2.75) is 18.9 Å². The Morgan fingerprint density at radius 2 is 1.52 bits per heavy atom. The van der Waals surface area contributed by atoms with Gasteiger partial charge in [-0.1, -0.05) is 72.3 Å². The van der Waals surface area contributed by atoms with Crippen molar-refractivity contribution in [3.63, 3.8) is 0 Å². The highest BCUT2D eigenvalue weighted by atomic mass is 35.5. The molecule has 5 heteroatoms. The number of benzene rings is 4. The van der Waals surface area contributed by atoms with Crippen molar-refractivity contribution >= 4 is 23.2 Å². The van der Waals surface area contributed by atoms with Crippen LogP contribution in [-0.2, 0) is 16.8 Å². The zero-order chi connectivity index (χ0) is 23.0. The molecule has 1 aliphatic rings. The van der Waals surface area contributed by atoms with Crippen LogP contribution in [0.5, 0.6) is 11.5 Å². The van der Waals surface area contributed by atoms with Crippen molar-refractivity contribution in [1.82, 2.24) is 0 Å². The number of rotatable bonds is 5. The molecule has 0 spiro atoms. The van der Waals surface area contributed by atoms with Gasteiger partial charge in [-0.2, -0.15) is 0 Å². The maximum atomic E-state index is 13.7. The molecule has 4 aromatic carbocycles. The zero-order valence-electron chi connectivity index (χ0n) is 18.0. The average molecular weight is 456 g/mol. The minimum atomic E-state index is -1.07. The lowest BCUT2D eigenvalue weighted by atomic mass is 9.70. The van der Waals surface area contributed by atoms with E-state index >= 15 is 0 Å². The SMILES string of the molecule is Cc1c(Cl)ccc2c1NC(=O)C2(c1ccc(O)cc1)c1ccc(OCc2ccccc2)cc1. The van der Waals surface area contributed by atoms with Crippen LogP contribution in [0.1, 0.15) is 27.8 Å². The number of carbonyl (C=O) groups excluding carboxylic acids is 1. The molecule has 33 heavy (non-hydrogen) atoms. The Morgan fingerprint density at radius 3 is 2.18 bits per heavy atom. The van der Waals surface area contributed by atoms with Gasteiger partial charge in [0.25, 0.3) is 0 Å². The van der Waals surface area contributed by atoms with E-state index in [4.69, 9.17) is 16.3 Å². The van der Waals surface area contributed by atoms with Gasteiger partial charge >= 0.3 is 0 Å². The van der Waals surface area contributed by atoms with Gasteiger partial charge in [0, 0.05) is 10.6 Å². The van der Waals surface area contributed by atoms with Crippen LogP contribution in [0.15, 0.2) is 91.0 Å². The first kappa shape index (κ1) is 21.1. The van der Waals surface area contributed by atoms with E-state index in [2.05, 4.69) is 5.32 Å². The van der Waals surface area contributed by atoms with Crippen LogP contribution in [0, 0.1) is 6.92 Å². The highest BCUT2D eigenvalue weighted by Gasteiger charge is 2.50. The Hall–Kier alpha value is -3.76. The maximum Gasteiger partial charge on any atom is 0.244 e. The number of phenols is 1. The lowest BCUT2D eigenvalue weighted by molar-refractivity contribution is -0.118. The van der Waals surface area contributed by atoms with E-state index in [-0.39, 0.29) is 11.7 Å². The van der Waals surface area contributed by atoms with Gasteiger partial charge < -0.3 is 15.2 Å². The first-order chi connectivity index (χ1) is 16.0. The molecular formula is C28H22ClNO3. The topological polar surface area (TPSA) is 58.6 Å². The predicted molar refractivity (Wildman–Crippen MR) is 130 cm³/mol. The fourth-order valence-corrected chi connectivity index (χ4v) is 4.64. The molecule has 164 valence electrons. The number of fused-ring (bicyclic) bond motifs is 1. The van der Waals surface area contributed by atoms with Gasteiger partial charge in [-0.05, 0) is 59.5 Å². The van der Waals surface area contributed by atoms with Crippen molar-refractivity contribution in [3.05, 3.63) is 124 Å². The molecule has 4 aromatic rings. The van der Waals surface area contributed by atoms with Gasteiger partial charge in [-0.15, -0.1) is 0 Å². The number of phenolic OH excluding ortho intramolecular Hbond substituents is 1. The van der Waals surface area contributed by atoms with Gasteiger partial charge in [0.2, 0.25) is 5.91 Å². The van der Waals surface area contributed by atoms with Crippen LogP contribution >= 0.6 is 11.6 Å². The summed E-state index contributed by atoms with van der Waals surface area (Å²) >= 11 is 6.35. The molecule has 0 saturated heterocycles. The number of aromatic hydroxyl groups is 1. The summed E-state index contributed by atoms with van der Waals surface area (Å²) in [5.41, 5.74) is 3.96. The highest BCUT2D eigenvalue weighted by Crippen LogP contribution is 2.50. The zero-order valence-corrected chi connectivity index (χ0v) is 18.8. The predicted octanol–water partition coefficient (Wildman–Crippen LogP) is 6.22. The quantitative estimate of drug-likeness (QED) is 0.375. The second kappa shape index (κ2) is 8.30. The van der Waals surface area contributed by atoms with Crippen molar-refractivity contribution < 1.29 is 14.6 Å². The van der Waals surface area contributed by atoms with E-state index in [9.17, 15) is 9.90 Å². The summed E-state index contributed by atoms with van der Waals surface area (Å²) < 4.78 is 5.94. The molecule has 1 aliphatic heterocycles. The van der Waals surface area contributed by atoms with Gasteiger partial charge in [0.15, 0.2) is 0 Å². The Morgan fingerprint density at radius 1 is 0.879 bits per heavy atom. The molecule has 0 radical (unpaired) electrons. The van der Waals surface area contributed by atoms with Crippen molar-refractivity contribution in [2.24, 2.45) is 0 Å².